The molecular formula is C19H27N7. The first kappa shape index (κ1) is 18.3. The largest absolute Gasteiger partial charge is 0.366 e. The Morgan fingerprint density at radius 3 is 2.54 bits per heavy atom. The summed E-state index contributed by atoms with van der Waals surface area (Å²) >= 11 is 0. The molecule has 1 fully saturated rings. The van der Waals surface area contributed by atoms with Gasteiger partial charge in [-0.3, -0.25) is 0 Å². The van der Waals surface area contributed by atoms with Gasteiger partial charge in [0.2, 0.25) is 5.95 Å². The van der Waals surface area contributed by atoms with Gasteiger partial charge in [-0.25, -0.2) is 15.0 Å². The van der Waals surface area contributed by atoms with Crippen LogP contribution in [0.3, 0.4) is 0 Å². The lowest BCUT2D eigenvalue weighted by Gasteiger charge is -2.32. The van der Waals surface area contributed by atoms with Crippen LogP contribution < -0.4 is 10.6 Å². The van der Waals surface area contributed by atoms with Crippen molar-refractivity contribution in [3.05, 3.63) is 18.0 Å². The fourth-order valence-electron chi connectivity index (χ4n) is 3.46. The Bertz CT molecular complexity index is 801. The van der Waals surface area contributed by atoms with Gasteiger partial charge in [-0.1, -0.05) is 0 Å². The first-order valence-electron chi connectivity index (χ1n) is 9.23. The second kappa shape index (κ2) is 7.83. The highest BCUT2D eigenvalue weighted by atomic mass is 15.1. The van der Waals surface area contributed by atoms with Crippen LogP contribution in [0.15, 0.2) is 12.3 Å². The lowest BCUT2D eigenvalue weighted by Crippen LogP contribution is -2.36. The molecule has 7 nitrogen and oxygen atoms in total. The number of rotatable bonds is 5. The van der Waals surface area contributed by atoms with Crippen LogP contribution in [0.25, 0.3) is 10.9 Å². The summed E-state index contributed by atoms with van der Waals surface area (Å²) in [5.74, 6) is 1.26. The highest BCUT2D eigenvalue weighted by Crippen LogP contribution is 2.26. The molecule has 0 spiro atoms. The maximum Gasteiger partial charge on any atom is 0.223 e. The summed E-state index contributed by atoms with van der Waals surface area (Å²) in [4.78, 5) is 15.8. The summed E-state index contributed by atoms with van der Waals surface area (Å²) in [6.45, 7) is 4.08. The lowest BCUT2D eigenvalue weighted by molar-refractivity contribution is 0.221. The van der Waals surface area contributed by atoms with Crippen LogP contribution in [-0.2, 0) is 0 Å². The molecule has 2 aromatic rings. The van der Waals surface area contributed by atoms with Crippen molar-refractivity contribution in [2.75, 3.05) is 24.7 Å². The minimum Gasteiger partial charge on any atom is -0.366 e. The summed E-state index contributed by atoms with van der Waals surface area (Å²) in [6, 6.07) is 5.10. The second-order valence-electron chi connectivity index (χ2n) is 7.51. The smallest absolute Gasteiger partial charge is 0.223 e. The molecule has 3 rings (SSSR count). The third-order valence-electron chi connectivity index (χ3n) is 4.87. The van der Waals surface area contributed by atoms with Crippen LogP contribution in [0, 0.1) is 11.3 Å². The van der Waals surface area contributed by atoms with Crippen molar-refractivity contribution in [3.8, 4) is 6.07 Å². The van der Waals surface area contributed by atoms with E-state index in [1.165, 1.54) is 12.8 Å². The average Bonchev–Trinajstić information content (AvgIpc) is 2.62. The van der Waals surface area contributed by atoms with Gasteiger partial charge in [0.15, 0.2) is 5.82 Å². The normalized spacial score (nSPS) is 20.3. The van der Waals surface area contributed by atoms with E-state index < -0.39 is 0 Å². The first-order chi connectivity index (χ1) is 12.5. The van der Waals surface area contributed by atoms with Crippen LogP contribution in [0.4, 0.5) is 11.8 Å². The Morgan fingerprint density at radius 1 is 1.19 bits per heavy atom. The number of nitrogens with one attached hydrogen (secondary N) is 2. The van der Waals surface area contributed by atoms with Crippen LogP contribution in [-0.4, -0.2) is 52.1 Å². The van der Waals surface area contributed by atoms with Crippen LogP contribution in [0.2, 0.25) is 0 Å². The van der Waals surface area contributed by atoms with E-state index in [2.05, 4.69) is 50.6 Å². The Labute approximate surface area is 154 Å². The van der Waals surface area contributed by atoms with E-state index in [4.69, 9.17) is 0 Å². The fraction of sp³-hybridized carbons (Fsp3) is 0.579. The van der Waals surface area contributed by atoms with E-state index in [9.17, 15) is 5.26 Å². The maximum atomic E-state index is 9.19. The molecule has 0 atom stereocenters. The van der Waals surface area contributed by atoms with Gasteiger partial charge < -0.3 is 15.5 Å². The first-order valence-corrected chi connectivity index (χ1v) is 9.23. The molecule has 0 aliphatic heterocycles. The molecule has 138 valence electrons. The molecule has 0 saturated heterocycles. The summed E-state index contributed by atoms with van der Waals surface area (Å²) in [7, 11) is 4.30. The number of pyridine rings is 1. The monoisotopic (exact) mass is 353 g/mol. The number of aromatic nitrogens is 3. The predicted molar refractivity (Wildman–Crippen MR) is 104 cm³/mol. The molecular weight excluding hydrogens is 326 g/mol. The average molecular weight is 353 g/mol. The molecule has 7 heteroatoms. The summed E-state index contributed by atoms with van der Waals surface area (Å²) < 4.78 is 0. The molecule has 0 unspecified atom stereocenters. The van der Waals surface area contributed by atoms with Gasteiger partial charge in [0, 0.05) is 29.7 Å². The zero-order valence-electron chi connectivity index (χ0n) is 16.0. The van der Waals surface area contributed by atoms with Crippen LogP contribution >= 0.6 is 0 Å². The van der Waals surface area contributed by atoms with Gasteiger partial charge >= 0.3 is 0 Å². The minimum atomic E-state index is 0.201. The standard InChI is InChI=1S/C19H27N7/c1-12(2)22-18-17-13(9-15(10-20)23-18)11-21-19(25-17)24-14-5-7-16(8-6-14)26(3)4/h9,11-12,14,16H,5-8H2,1-4H3,(H,22,23)(H,21,24,25)/t14-,16-. The minimum absolute atomic E-state index is 0.201. The summed E-state index contributed by atoms with van der Waals surface area (Å²) in [5, 5.41) is 16.8. The molecule has 0 bridgehead atoms. The molecule has 0 aromatic carbocycles. The SMILES string of the molecule is CC(C)Nc1nc(C#N)cc2cnc(N[C@H]3CC[C@H](N(C)C)CC3)nc12. The van der Waals surface area contributed by atoms with Gasteiger partial charge in [0.05, 0.1) is 0 Å². The zero-order chi connectivity index (χ0) is 18.7. The van der Waals surface area contributed by atoms with Crippen LogP contribution in [0.1, 0.15) is 45.2 Å². The number of nitriles is 1. The molecule has 1 saturated carbocycles. The van der Waals surface area contributed by atoms with Crippen molar-refractivity contribution in [1.82, 2.24) is 19.9 Å². The van der Waals surface area contributed by atoms with Crippen molar-refractivity contribution in [2.45, 2.75) is 57.7 Å². The van der Waals surface area contributed by atoms with E-state index >= 15 is 0 Å². The third kappa shape index (κ3) is 4.20. The van der Waals surface area contributed by atoms with E-state index in [1.807, 2.05) is 13.8 Å². The number of hydrogen-bond acceptors (Lipinski definition) is 7. The highest BCUT2D eigenvalue weighted by Gasteiger charge is 2.23. The molecule has 1 aliphatic carbocycles. The lowest BCUT2D eigenvalue weighted by atomic mass is 9.91. The van der Waals surface area contributed by atoms with Crippen molar-refractivity contribution < 1.29 is 0 Å². The number of anilines is 2. The van der Waals surface area contributed by atoms with E-state index in [1.54, 1.807) is 12.3 Å². The quantitative estimate of drug-likeness (QED) is 0.854. The fourth-order valence-corrected chi connectivity index (χ4v) is 3.46. The van der Waals surface area contributed by atoms with E-state index in [-0.39, 0.29) is 6.04 Å². The molecule has 2 N–H and O–H groups in total. The van der Waals surface area contributed by atoms with Crippen molar-refractivity contribution in [2.24, 2.45) is 0 Å². The summed E-state index contributed by atoms with van der Waals surface area (Å²) in [6.07, 6.45) is 6.38. The molecule has 26 heavy (non-hydrogen) atoms. The molecule has 2 aromatic heterocycles. The Morgan fingerprint density at radius 2 is 1.92 bits per heavy atom. The number of fused-ring (bicyclic) bond motifs is 1. The van der Waals surface area contributed by atoms with Gasteiger partial charge in [-0.2, -0.15) is 5.26 Å². The topological polar surface area (TPSA) is 89.8 Å². The van der Waals surface area contributed by atoms with Gasteiger partial charge in [0.1, 0.15) is 17.3 Å². The molecule has 0 amide bonds. The zero-order valence-corrected chi connectivity index (χ0v) is 16.0. The van der Waals surface area contributed by atoms with Crippen molar-refractivity contribution in [3.63, 3.8) is 0 Å². The number of hydrogen-bond donors (Lipinski definition) is 2. The Hall–Kier alpha value is -2.46. The number of nitrogens with zero attached hydrogens (tertiary/aromatic N) is 5. The molecule has 1 aliphatic rings. The Balaban J connectivity index is 1.81. The molecule has 0 radical (unpaired) electrons. The molecule has 2 heterocycles. The van der Waals surface area contributed by atoms with E-state index in [0.717, 1.165) is 23.7 Å². The highest BCUT2D eigenvalue weighted by molar-refractivity contribution is 5.89. The van der Waals surface area contributed by atoms with Crippen LogP contribution in [0.5, 0.6) is 0 Å². The maximum absolute atomic E-state index is 9.19. The van der Waals surface area contributed by atoms with Crippen molar-refractivity contribution in [1.29, 1.82) is 5.26 Å². The van der Waals surface area contributed by atoms with Crippen molar-refractivity contribution >= 4 is 22.7 Å². The summed E-state index contributed by atoms with van der Waals surface area (Å²) in [5.41, 5.74) is 1.11. The van der Waals surface area contributed by atoms with Gasteiger partial charge in [-0.15, -0.1) is 0 Å². The third-order valence-corrected chi connectivity index (χ3v) is 4.87. The Kier molecular flexibility index (Phi) is 5.52. The second-order valence-corrected chi connectivity index (χ2v) is 7.51. The van der Waals surface area contributed by atoms with Gasteiger partial charge in [-0.05, 0) is 59.7 Å². The van der Waals surface area contributed by atoms with E-state index in [0.29, 0.717) is 29.5 Å². The predicted octanol–water partition coefficient (Wildman–Crippen LogP) is 3.00. The van der Waals surface area contributed by atoms with Gasteiger partial charge in [0.25, 0.3) is 0 Å².